The molecule has 0 aromatic carbocycles. The number of hydrogen-bond acceptors (Lipinski definition) is 3. The first-order valence-electron chi connectivity index (χ1n) is 6.28. The fourth-order valence-corrected chi connectivity index (χ4v) is 3.48. The number of hydrogen-bond donors (Lipinski definition) is 1. The normalized spacial score (nSPS) is 17.6. The van der Waals surface area contributed by atoms with Gasteiger partial charge in [0.1, 0.15) is 0 Å². The van der Waals surface area contributed by atoms with E-state index in [0.29, 0.717) is 12.3 Å². The molecule has 0 radical (unpaired) electrons. The third kappa shape index (κ3) is 4.54. The van der Waals surface area contributed by atoms with Gasteiger partial charge in [-0.05, 0) is 69.8 Å². The lowest BCUT2D eigenvalue weighted by Crippen LogP contribution is -2.34. The SMILES string of the molecule is O=C(O)CC1CCN(Cc2ncc(Br)cc2Br)CC1. The molecule has 0 amide bonds. The van der Waals surface area contributed by atoms with Gasteiger partial charge in [0.2, 0.25) is 0 Å². The maximum atomic E-state index is 10.7. The Morgan fingerprint density at radius 1 is 1.42 bits per heavy atom. The molecule has 0 unspecified atom stereocenters. The number of aromatic nitrogens is 1. The van der Waals surface area contributed by atoms with Gasteiger partial charge in [0.25, 0.3) is 0 Å². The first kappa shape index (κ1) is 14.9. The minimum Gasteiger partial charge on any atom is -0.481 e. The zero-order chi connectivity index (χ0) is 13.8. The molecule has 19 heavy (non-hydrogen) atoms. The number of piperidine rings is 1. The molecule has 4 nitrogen and oxygen atoms in total. The van der Waals surface area contributed by atoms with Gasteiger partial charge in [0, 0.05) is 28.1 Å². The quantitative estimate of drug-likeness (QED) is 0.855. The topological polar surface area (TPSA) is 53.4 Å². The summed E-state index contributed by atoms with van der Waals surface area (Å²) in [6, 6.07) is 2.00. The summed E-state index contributed by atoms with van der Waals surface area (Å²) in [6.45, 7) is 2.71. The number of rotatable bonds is 4. The largest absolute Gasteiger partial charge is 0.481 e. The summed E-state index contributed by atoms with van der Waals surface area (Å²) in [6.07, 6.45) is 4.02. The molecule has 1 saturated heterocycles. The van der Waals surface area contributed by atoms with Gasteiger partial charge in [0.15, 0.2) is 0 Å². The van der Waals surface area contributed by atoms with Crippen LogP contribution in [0, 0.1) is 5.92 Å². The number of aliphatic carboxylic acids is 1. The van der Waals surface area contributed by atoms with Crippen molar-refractivity contribution >= 4 is 37.8 Å². The van der Waals surface area contributed by atoms with Crippen molar-refractivity contribution in [3.8, 4) is 0 Å². The average Bonchev–Trinajstić information content (AvgIpc) is 2.34. The maximum absolute atomic E-state index is 10.7. The van der Waals surface area contributed by atoms with E-state index < -0.39 is 5.97 Å². The Hall–Kier alpha value is -0.460. The monoisotopic (exact) mass is 390 g/mol. The molecule has 0 saturated carbocycles. The van der Waals surface area contributed by atoms with Gasteiger partial charge in [0.05, 0.1) is 5.69 Å². The summed E-state index contributed by atoms with van der Waals surface area (Å²) >= 11 is 6.91. The molecule has 0 spiro atoms. The fraction of sp³-hybridized carbons (Fsp3) is 0.538. The molecule has 2 heterocycles. The van der Waals surface area contributed by atoms with Crippen molar-refractivity contribution in [3.05, 3.63) is 26.9 Å². The van der Waals surface area contributed by atoms with Crippen molar-refractivity contribution < 1.29 is 9.90 Å². The Morgan fingerprint density at radius 2 is 2.11 bits per heavy atom. The second-order valence-corrected chi connectivity index (χ2v) is 6.67. The Bertz CT molecular complexity index is 460. The van der Waals surface area contributed by atoms with Crippen LogP contribution >= 0.6 is 31.9 Å². The molecule has 1 aliphatic rings. The summed E-state index contributed by atoms with van der Waals surface area (Å²) in [5.41, 5.74) is 1.03. The van der Waals surface area contributed by atoms with Gasteiger partial charge in [-0.2, -0.15) is 0 Å². The third-order valence-electron chi connectivity index (χ3n) is 3.43. The number of pyridine rings is 1. The lowest BCUT2D eigenvalue weighted by molar-refractivity contribution is -0.138. The Morgan fingerprint density at radius 3 is 2.68 bits per heavy atom. The maximum Gasteiger partial charge on any atom is 0.303 e. The lowest BCUT2D eigenvalue weighted by atomic mass is 9.93. The zero-order valence-electron chi connectivity index (χ0n) is 10.5. The molecule has 0 bridgehead atoms. The van der Waals surface area contributed by atoms with E-state index in [9.17, 15) is 4.79 Å². The Balaban J connectivity index is 1.87. The van der Waals surface area contributed by atoms with Crippen LogP contribution in [0.5, 0.6) is 0 Å². The van der Waals surface area contributed by atoms with E-state index in [2.05, 4.69) is 41.7 Å². The smallest absolute Gasteiger partial charge is 0.303 e. The minimum atomic E-state index is -0.684. The van der Waals surface area contributed by atoms with Crippen molar-refractivity contribution in [2.24, 2.45) is 5.92 Å². The highest BCUT2D eigenvalue weighted by Crippen LogP contribution is 2.24. The molecule has 1 N–H and O–H groups in total. The van der Waals surface area contributed by atoms with E-state index >= 15 is 0 Å². The van der Waals surface area contributed by atoms with Gasteiger partial charge in [-0.3, -0.25) is 14.7 Å². The standard InChI is InChI=1S/C13H16Br2N2O2/c14-10-6-11(15)12(16-7-10)8-17-3-1-9(2-4-17)5-13(18)19/h6-7,9H,1-5,8H2,(H,18,19). The van der Waals surface area contributed by atoms with Crippen LogP contribution in [0.15, 0.2) is 21.2 Å². The van der Waals surface area contributed by atoms with Crippen molar-refractivity contribution in [3.63, 3.8) is 0 Å². The molecule has 1 fully saturated rings. The first-order valence-corrected chi connectivity index (χ1v) is 7.87. The van der Waals surface area contributed by atoms with Crippen LogP contribution in [0.25, 0.3) is 0 Å². The summed E-state index contributed by atoms with van der Waals surface area (Å²) in [5, 5.41) is 8.79. The predicted octanol–water partition coefficient (Wildman–Crippen LogP) is 3.29. The predicted molar refractivity (Wildman–Crippen MR) is 79.9 cm³/mol. The number of carboxylic acids is 1. The summed E-state index contributed by atoms with van der Waals surface area (Å²) in [4.78, 5) is 17.4. The first-order chi connectivity index (χ1) is 9.04. The van der Waals surface area contributed by atoms with Gasteiger partial charge in [-0.25, -0.2) is 0 Å². The van der Waals surface area contributed by atoms with Crippen LogP contribution in [-0.2, 0) is 11.3 Å². The van der Waals surface area contributed by atoms with Gasteiger partial charge in [-0.1, -0.05) is 0 Å². The lowest BCUT2D eigenvalue weighted by Gasteiger charge is -2.31. The number of halogens is 2. The molecular formula is C13H16Br2N2O2. The molecule has 1 aromatic heterocycles. The fourth-order valence-electron chi connectivity index (χ4n) is 2.37. The van der Waals surface area contributed by atoms with E-state index in [4.69, 9.17) is 5.11 Å². The zero-order valence-corrected chi connectivity index (χ0v) is 13.7. The van der Waals surface area contributed by atoms with Crippen LogP contribution in [0.3, 0.4) is 0 Å². The summed E-state index contributed by atoms with van der Waals surface area (Å²) in [7, 11) is 0. The van der Waals surface area contributed by atoms with E-state index in [0.717, 1.165) is 47.1 Å². The molecule has 1 aliphatic heterocycles. The van der Waals surface area contributed by atoms with Crippen molar-refractivity contribution in [2.75, 3.05) is 13.1 Å². The number of carbonyl (C=O) groups is 1. The van der Waals surface area contributed by atoms with Crippen molar-refractivity contribution in [1.82, 2.24) is 9.88 Å². The van der Waals surface area contributed by atoms with E-state index in [1.54, 1.807) is 6.20 Å². The van der Waals surface area contributed by atoms with E-state index in [-0.39, 0.29) is 0 Å². The molecule has 104 valence electrons. The molecular weight excluding hydrogens is 376 g/mol. The van der Waals surface area contributed by atoms with Crippen molar-refractivity contribution in [2.45, 2.75) is 25.8 Å². The highest BCUT2D eigenvalue weighted by Gasteiger charge is 2.21. The van der Waals surface area contributed by atoms with Crippen molar-refractivity contribution in [1.29, 1.82) is 0 Å². The second-order valence-electron chi connectivity index (χ2n) is 4.90. The van der Waals surface area contributed by atoms with Gasteiger partial charge >= 0.3 is 5.97 Å². The van der Waals surface area contributed by atoms with Crippen LogP contribution < -0.4 is 0 Å². The molecule has 0 aliphatic carbocycles. The van der Waals surface area contributed by atoms with Gasteiger partial charge < -0.3 is 5.11 Å². The third-order valence-corrected chi connectivity index (χ3v) is 4.55. The average molecular weight is 392 g/mol. The van der Waals surface area contributed by atoms with Crippen LogP contribution in [0.2, 0.25) is 0 Å². The Kier molecular flexibility index (Phi) is 5.36. The minimum absolute atomic E-state index is 0.300. The highest BCUT2D eigenvalue weighted by molar-refractivity contribution is 9.11. The summed E-state index contributed by atoms with van der Waals surface area (Å²) < 4.78 is 1.97. The van der Waals surface area contributed by atoms with Crippen LogP contribution in [-0.4, -0.2) is 34.0 Å². The highest BCUT2D eigenvalue weighted by atomic mass is 79.9. The number of nitrogens with zero attached hydrogens (tertiary/aromatic N) is 2. The molecule has 0 atom stereocenters. The van der Waals surface area contributed by atoms with E-state index in [1.165, 1.54) is 0 Å². The number of carboxylic acid groups (broad SMARTS) is 1. The summed E-state index contributed by atoms with van der Waals surface area (Å²) in [5.74, 6) is -0.356. The second kappa shape index (κ2) is 6.81. The molecule has 1 aromatic rings. The van der Waals surface area contributed by atoms with Gasteiger partial charge in [-0.15, -0.1) is 0 Å². The molecule has 6 heteroatoms. The molecule has 2 rings (SSSR count). The van der Waals surface area contributed by atoms with E-state index in [1.807, 2.05) is 6.07 Å². The van der Waals surface area contributed by atoms with Crippen LogP contribution in [0.4, 0.5) is 0 Å². The Labute approximate surface area is 129 Å². The van der Waals surface area contributed by atoms with Crippen LogP contribution in [0.1, 0.15) is 25.0 Å². The number of likely N-dealkylation sites (tertiary alicyclic amines) is 1.